The molecule has 0 radical (unpaired) electrons. The Hall–Kier alpha value is -0.270. The third-order valence-corrected chi connectivity index (χ3v) is 3.31. The summed E-state index contributed by atoms with van der Waals surface area (Å²) in [7, 11) is -3.76. The van der Waals surface area contributed by atoms with E-state index in [2.05, 4.69) is 5.32 Å². The molecular formula is C7H6ClN2NaO3S. The monoisotopic (exact) mass is 256 g/mol. The van der Waals surface area contributed by atoms with Crippen molar-refractivity contribution in [1.29, 1.82) is 0 Å². The number of nitrogens with one attached hydrogen (secondary N) is 2. The average Bonchev–Trinajstić information content (AvgIpc) is 2.05. The van der Waals surface area contributed by atoms with E-state index in [1.165, 1.54) is 18.2 Å². The van der Waals surface area contributed by atoms with Crippen molar-refractivity contribution in [3.63, 3.8) is 0 Å². The van der Waals surface area contributed by atoms with Gasteiger partial charge in [0.15, 0.2) is 0 Å². The first-order chi connectivity index (χ1) is 6.49. The smallest absolute Gasteiger partial charge is 1.00 e. The first kappa shape index (κ1) is 12.8. The number of fused-ring (bicyclic) bond motifs is 1. The van der Waals surface area contributed by atoms with E-state index in [0.717, 1.165) is 0 Å². The summed E-state index contributed by atoms with van der Waals surface area (Å²) >= 11 is 5.64. The fraction of sp³-hybridized carbons (Fsp3) is 0. The molecule has 76 valence electrons. The quantitative estimate of drug-likeness (QED) is 0.542. The fourth-order valence-corrected chi connectivity index (χ4v) is 2.48. The van der Waals surface area contributed by atoms with Gasteiger partial charge in [0.2, 0.25) is 0 Å². The van der Waals surface area contributed by atoms with Crippen LogP contribution in [0.4, 0.5) is 10.5 Å². The molecule has 2 N–H and O–H groups in total. The van der Waals surface area contributed by atoms with Crippen LogP contribution in [0.2, 0.25) is 5.02 Å². The van der Waals surface area contributed by atoms with Crippen molar-refractivity contribution in [2.75, 3.05) is 5.32 Å². The van der Waals surface area contributed by atoms with E-state index in [1.807, 2.05) is 0 Å². The molecule has 2 rings (SSSR count). The number of urea groups is 1. The molecule has 8 heteroatoms. The number of sulfonamides is 1. The number of anilines is 1. The van der Waals surface area contributed by atoms with Crippen LogP contribution >= 0.6 is 11.6 Å². The Labute approximate surface area is 115 Å². The normalized spacial score (nSPS) is 16.7. The Morgan fingerprint density at radius 3 is 2.67 bits per heavy atom. The number of carbonyl (C=O) groups is 1. The first-order valence-corrected chi connectivity index (χ1v) is 5.48. The van der Waals surface area contributed by atoms with E-state index in [-0.39, 0.29) is 41.6 Å². The summed E-state index contributed by atoms with van der Waals surface area (Å²) in [4.78, 5) is 10.9. The molecule has 0 aliphatic carbocycles. The first-order valence-electron chi connectivity index (χ1n) is 3.62. The van der Waals surface area contributed by atoms with Gasteiger partial charge >= 0.3 is 35.6 Å². The molecule has 0 bridgehead atoms. The van der Waals surface area contributed by atoms with Crippen molar-refractivity contribution in [3.05, 3.63) is 23.2 Å². The maximum Gasteiger partial charge on any atom is 1.00 e. The zero-order valence-corrected chi connectivity index (χ0v) is 11.3. The SMILES string of the molecule is O=C1Nc2ccc(Cl)cc2S(=O)(=O)N1.[H-].[Na+]. The summed E-state index contributed by atoms with van der Waals surface area (Å²) in [5, 5.41) is 2.65. The van der Waals surface area contributed by atoms with Crippen molar-refractivity contribution in [1.82, 2.24) is 4.72 Å². The molecule has 0 spiro atoms. The van der Waals surface area contributed by atoms with Crippen molar-refractivity contribution in [3.8, 4) is 0 Å². The van der Waals surface area contributed by atoms with Gasteiger partial charge in [-0.05, 0) is 18.2 Å². The van der Waals surface area contributed by atoms with E-state index in [4.69, 9.17) is 11.6 Å². The second-order valence-electron chi connectivity index (χ2n) is 2.70. The Balaban J connectivity index is 0.00000112. The fourth-order valence-electron chi connectivity index (χ4n) is 1.15. The van der Waals surface area contributed by atoms with Crippen molar-refractivity contribution in [2.45, 2.75) is 4.90 Å². The molecular weight excluding hydrogens is 251 g/mol. The van der Waals surface area contributed by atoms with Crippen LogP contribution < -0.4 is 39.6 Å². The summed E-state index contributed by atoms with van der Waals surface area (Å²) in [5.74, 6) is 0. The maximum atomic E-state index is 11.4. The second-order valence-corrected chi connectivity index (χ2v) is 4.79. The molecule has 0 saturated carbocycles. The minimum absolute atomic E-state index is 0. The molecule has 0 atom stereocenters. The zero-order chi connectivity index (χ0) is 10.3. The summed E-state index contributed by atoms with van der Waals surface area (Å²) in [6, 6.07) is 3.45. The Bertz CT molecular complexity index is 522. The predicted octanol–water partition coefficient (Wildman–Crippen LogP) is -1.72. The van der Waals surface area contributed by atoms with Gasteiger partial charge in [0.1, 0.15) is 4.90 Å². The van der Waals surface area contributed by atoms with Gasteiger partial charge in [-0.25, -0.2) is 17.9 Å². The number of rotatable bonds is 0. The third kappa shape index (κ3) is 2.46. The van der Waals surface area contributed by atoms with Crippen LogP contribution in [0.1, 0.15) is 1.43 Å². The zero-order valence-electron chi connectivity index (χ0n) is 8.74. The summed E-state index contributed by atoms with van der Waals surface area (Å²) in [6.07, 6.45) is 0. The number of halogens is 1. The second kappa shape index (κ2) is 4.31. The Morgan fingerprint density at radius 2 is 2.00 bits per heavy atom. The molecule has 1 heterocycles. The number of hydrogen-bond acceptors (Lipinski definition) is 3. The number of amides is 2. The standard InChI is InChI=1S/C7H5ClN2O3S.Na.H/c8-4-1-2-5-6(3-4)14(12,13)10-7(11)9-5;;/h1-3H,(H2,9,10,11);;/q;+1;-1. The van der Waals surface area contributed by atoms with Crippen molar-refractivity contribution < 1.29 is 44.2 Å². The molecule has 15 heavy (non-hydrogen) atoms. The molecule has 0 fully saturated rings. The molecule has 2 amide bonds. The minimum atomic E-state index is -3.76. The van der Waals surface area contributed by atoms with Gasteiger partial charge < -0.3 is 6.74 Å². The van der Waals surface area contributed by atoms with Gasteiger partial charge in [0.05, 0.1) is 5.69 Å². The topological polar surface area (TPSA) is 75.3 Å². The van der Waals surface area contributed by atoms with Gasteiger partial charge in [0.25, 0.3) is 10.0 Å². The summed E-state index contributed by atoms with van der Waals surface area (Å²) in [6.45, 7) is 0. The van der Waals surface area contributed by atoms with E-state index in [9.17, 15) is 13.2 Å². The Kier molecular flexibility index (Phi) is 3.67. The van der Waals surface area contributed by atoms with Crippen molar-refractivity contribution in [2.24, 2.45) is 0 Å². The van der Waals surface area contributed by atoms with Gasteiger partial charge in [0, 0.05) is 5.02 Å². The van der Waals surface area contributed by atoms with E-state index < -0.39 is 16.1 Å². The molecule has 0 aromatic heterocycles. The number of hydrogen-bond donors (Lipinski definition) is 2. The van der Waals surface area contributed by atoms with Crippen LogP contribution in [-0.4, -0.2) is 14.4 Å². The van der Waals surface area contributed by atoms with Crippen LogP contribution in [0.25, 0.3) is 0 Å². The molecule has 5 nitrogen and oxygen atoms in total. The van der Waals surface area contributed by atoms with E-state index in [1.54, 1.807) is 4.72 Å². The Morgan fingerprint density at radius 1 is 1.33 bits per heavy atom. The molecule has 1 aliphatic rings. The molecule has 1 aromatic rings. The van der Waals surface area contributed by atoms with Crippen LogP contribution in [0.3, 0.4) is 0 Å². The largest absolute Gasteiger partial charge is 1.00 e. The van der Waals surface area contributed by atoms with E-state index >= 15 is 0 Å². The summed E-state index contributed by atoms with van der Waals surface area (Å²) < 4.78 is 24.6. The summed E-state index contributed by atoms with van der Waals surface area (Å²) in [5.41, 5.74) is 0.234. The van der Waals surface area contributed by atoms with Gasteiger partial charge in [-0.2, -0.15) is 0 Å². The molecule has 1 aliphatic heterocycles. The number of carbonyl (C=O) groups excluding carboxylic acids is 1. The maximum absolute atomic E-state index is 11.4. The molecule has 0 unspecified atom stereocenters. The molecule has 1 aromatic carbocycles. The van der Waals surface area contributed by atoms with Gasteiger partial charge in [-0.1, -0.05) is 11.6 Å². The van der Waals surface area contributed by atoms with Crippen LogP contribution in [0, 0.1) is 0 Å². The minimum Gasteiger partial charge on any atom is -1.00 e. The predicted molar refractivity (Wildman–Crippen MR) is 51.9 cm³/mol. The third-order valence-electron chi connectivity index (χ3n) is 1.71. The van der Waals surface area contributed by atoms with Crippen LogP contribution in [0.15, 0.2) is 23.1 Å². The van der Waals surface area contributed by atoms with Crippen molar-refractivity contribution >= 4 is 33.3 Å². The van der Waals surface area contributed by atoms with E-state index in [0.29, 0.717) is 5.02 Å². The molecule has 0 saturated heterocycles. The average molecular weight is 257 g/mol. The van der Waals surface area contributed by atoms with Crippen LogP contribution in [0.5, 0.6) is 0 Å². The van der Waals surface area contributed by atoms with Crippen LogP contribution in [-0.2, 0) is 10.0 Å². The van der Waals surface area contributed by atoms with Gasteiger partial charge in [-0.15, -0.1) is 0 Å². The number of benzene rings is 1. The van der Waals surface area contributed by atoms with Gasteiger partial charge in [-0.3, -0.25) is 0 Å².